The Kier molecular flexibility index (Phi) is 4.48. The first kappa shape index (κ1) is 15.7. The molecule has 2 aromatic rings. The van der Waals surface area contributed by atoms with E-state index in [2.05, 4.69) is 10.2 Å². The zero-order chi connectivity index (χ0) is 15.6. The third kappa shape index (κ3) is 3.16. The molecular formula is C13H19N3O4S. The van der Waals surface area contributed by atoms with E-state index >= 15 is 0 Å². The van der Waals surface area contributed by atoms with Gasteiger partial charge in [0, 0.05) is 25.6 Å². The highest BCUT2D eigenvalue weighted by atomic mass is 32.2. The standard InChI is InChI=1S/C13H19N3O4S/c1-5-6-16(4)21(17,18)11-7-10(8-19-11)13-15-14-12(20-13)9(2)3/h7-9H,5-6H2,1-4H3. The molecule has 0 bridgehead atoms. The van der Waals surface area contributed by atoms with Crippen molar-refractivity contribution < 1.29 is 17.3 Å². The maximum Gasteiger partial charge on any atom is 0.276 e. The van der Waals surface area contributed by atoms with E-state index in [0.29, 0.717) is 18.0 Å². The van der Waals surface area contributed by atoms with Crippen LogP contribution in [0.25, 0.3) is 11.5 Å². The molecule has 0 aliphatic carbocycles. The Hall–Kier alpha value is -1.67. The van der Waals surface area contributed by atoms with Gasteiger partial charge in [-0.1, -0.05) is 20.8 Å². The van der Waals surface area contributed by atoms with Crippen molar-refractivity contribution in [2.75, 3.05) is 13.6 Å². The van der Waals surface area contributed by atoms with E-state index in [1.807, 2.05) is 20.8 Å². The molecule has 0 aliphatic heterocycles. The first-order valence-corrected chi connectivity index (χ1v) is 8.19. The first-order valence-electron chi connectivity index (χ1n) is 6.75. The van der Waals surface area contributed by atoms with Crippen LogP contribution in [-0.4, -0.2) is 36.5 Å². The summed E-state index contributed by atoms with van der Waals surface area (Å²) in [5.74, 6) is 0.859. The Morgan fingerprint density at radius 3 is 2.62 bits per heavy atom. The largest absolute Gasteiger partial charge is 0.451 e. The molecule has 7 nitrogen and oxygen atoms in total. The molecule has 2 heterocycles. The van der Waals surface area contributed by atoms with Gasteiger partial charge in [0.1, 0.15) is 6.26 Å². The Labute approximate surface area is 124 Å². The second kappa shape index (κ2) is 5.98. The van der Waals surface area contributed by atoms with Gasteiger partial charge in [-0.05, 0) is 6.42 Å². The average molecular weight is 313 g/mol. The molecule has 0 fully saturated rings. The van der Waals surface area contributed by atoms with Crippen LogP contribution in [0.1, 0.15) is 39.0 Å². The summed E-state index contributed by atoms with van der Waals surface area (Å²) in [6, 6.07) is 1.40. The molecule has 0 amide bonds. The smallest absolute Gasteiger partial charge is 0.276 e. The third-order valence-corrected chi connectivity index (χ3v) is 4.69. The molecule has 0 unspecified atom stereocenters. The van der Waals surface area contributed by atoms with E-state index in [1.165, 1.54) is 23.7 Å². The maximum atomic E-state index is 12.2. The zero-order valence-electron chi connectivity index (χ0n) is 12.5. The van der Waals surface area contributed by atoms with Crippen LogP contribution < -0.4 is 0 Å². The van der Waals surface area contributed by atoms with Crippen molar-refractivity contribution in [3.05, 3.63) is 18.2 Å². The highest BCUT2D eigenvalue weighted by Crippen LogP contribution is 2.26. The molecule has 0 saturated carbocycles. The number of hydrogen-bond donors (Lipinski definition) is 0. The van der Waals surface area contributed by atoms with E-state index < -0.39 is 10.0 Å². The van der Waals surface area contributed by atoms with Crippen molar-refractivity contribution in [1.82, 2.24) is 14.5 Å². The van der Waals surface area contributed by atoms with E-state index in [0.717, 1.165) is 6.42 Å². The van der Waals surface area contributed by atoms with E-state index in [9.17, 15) is 8.42 Å². The molecule has 0 radical (unpaired) electrons. The summed E-state index contributed by atoms with van der Waals surface area (Å²) in [6.07, 6.45) is 2.04. The van der Waals surface area contributed by atoms with E-state index in [-0.39, 0.29) is 16.9 Å². The van der Waals surface area contributed by atoms with Crippen LogP contribution in [0.3, 0.4) is 0 Å². The third-order valence-electron chi connectivity index (χ3n) is 2.96. The molecule has 8 heteroatoms. The predicted octanol–water partition coefficient (Wildman–Crippen LogP) is 2.48. The molecule has 0 aromatic carbocycles. The molecule has 0 N–H and O–H groups in total. The maximum absolute atomic E-state index is 12.2. The van der Waals surface area contributed by atoms with Crippen LogP contribution in [0, 0.1) is 0 Å². The number of rotatable bonds is 6. The minimum absolute atomic E-state index is 0.108. The average Bonchev–Trinajstić information content (AvgIpc) is 3.08. The summed E-state index contributed by atoms with van der Waals surface area (Å²) in [7, 11) is -2.10. The monoisotopic (exact) mass is 313 g/mol. The zero-order valence-corrected chi connectivity index (χ0v) is 13.3. The number of hydrogen-bond acceptors (Lipinski definition) is 6. The molecule has 0 atom stereocenters. The summed E-state index contributed by atoms with van der Waals surface area (Å²) in [6.45, 7) is 6.20. The highest BCUT2D eigenvalue weighted by molar-refractivity contribution is 7.89. The van der Waals surface area contributed by atoms with Gasteiger partial charge in [0.15, 0.2) is 0 Å². The van der Waals surface area contributed by atoms with Crippen LogP contribution in [0.15, 0.2) is 26.3 Å². The van der Waals surface area contributed by atoms with Crippen molar-refractivity contribution in [3.8, 4) is 11.5 Å². The Bertz CT molecular complexity index is 703. The fraction of sp³-hybridized carbons (Fsp3) is 0.538. The molecule has 21 heavy (non-hydrogen) atoms. The van der Waals surface area contributed by atoms with Crippen molar-refractivity contribution in [2.24, 2.45) is 0 Å². The van der Waals surface area contributed by atoms with E-state index in [4.69, 9.17) is 8.83 Å². The molecule has 0 saturated heterocycles. The van der Waals surface area contributed by atoms with Crippen LogP contribution in [0.5, 0.6) is 0 Å². The Balaban J connectivity index is 2.29. The van der Waals surface area contributed by atoms with Gasteiger partial charge in [0.2, 0.25) is 11.0 Å². The number of furan rings is 1. The lowest BCUT2D eigenvalue weighted by Gasteiger charge is -2.13. The number of nitrogens with zero attached hydrogens (tertiary/aromatic N) is 3. The van der Waals surface area contributed by atoms with Crippen LogP contribution in [0.2, 0.25) is 0 Å². The second-order valence-corrected chi connectivity index (χ2v) is 7.06. The Morgan fingerprint density at radius 2 is 2.05 bits per heavy atom. The minimum atomic E-state index is -3.62. The number of aromatic nitrogens is 2. The van der Waals surface area contributed by atoms with Crippen LogP contribution in [0.4, 0.5) is 0 Å². The highest BCUT2D eigenvalue weighted by Gasteiger charge is 2.25. The summed E-state index contributed by atoms with van der Waals surface area (Å²) in [5, 5.41) is 7.68. The van der Waals surface area contributed by atoms with Gasteiger partial charge in [0.05, 0.1) is 5.56 Å². The molecule has 0 spiro atoms. The molecular weight excluding hydrogens is 294 g/mol. The van der Waals surface area contributed by atoms with Crippen LogP contribution >= 0.6 is 0 Å². The fourth-order valence-corrected chi connectivity index (χ4v) is 2.91. The van der Waals surface area contributed by atoms with Gasteiger partial charge >= 0.3 is 0 Å². The quantitative estimate of drug-likeness (QED) is 0.814. The van der Waals surface area contributed by atoms with Crippen molar-refractivity contribution in [1.29, 1.82) is 0 Å². The van der Waals surface area contributed by atoms with Gasteiger partial charge in [-0.25, -0.2) is 8.42 Å². The first-order chi connectivity index (χ1) is 9.86. The molecule has 2 rings (SSSR count). The predicted molar refractivity (Wildman–Crippen MR) is 76.2 cm³/mol. The summed E-state index contributed by atoms with van der Waals surface area (Å²) < 4.78 is 36.4. The van der Waals surface area contributed by atoms with Gasteiger partial charge in [0.25, 0.3) is 15.9 Å². The lowest BCUT2D eigenvalue weighted by atomic mass is 10.2. The topological polar surface area (TPSA) is 89.4 Å². The van der Waals surface area contributed by atoms with Crippen molar-refractivity contribution in [2.45, 2.75) is 38.2 Å². The summed E-state index contributed by atoms with van der Waals surface area (Å²) in [4.78, 5) is 0. The summed E-state index contributed by atoms with van der Waals surface area (Å²) in [5.41, 5.74) is 0.456. The SMILES string of the molecule is CCCN(C)S(=O)(=O)c1cc(-c2nnc(C(C)C)o2)co1. The molecule has 2 aromatic heterocycles. The fourth-order valence-electron chi connectivity index (χ4n) is 1.74. The van der Waals surface area contributed by atoms with Crippen molar-refractivity contribution in [3.63, 3.8) is 0 Å². The van der Waals surface area contributed by atoms with Crippen LogP contribution in [-0.2, 0) is 10.0 Å². The van der Waals surface area contributed by atoms with Gasteiger partial charge < -0.3 is 8.83 Å². The lowest BCUT2D eigenvalue weighted by Crippen LogP contribution is -2.27. The van der Waals surface area contributed by atoms with Gasteiger partial charge in [-0.15, -0.1) is 10.2 Å². The molecule has 116 valence electrons. The Morgan fingerprint density at radius 1 is 1.33 bits per heavy atom. The minimum Gasteiger partial charge on any atom is -0.451 e. The van der Waals surface area contributed by atoms with Gasteiger partial charge in [-0.2, -0.15) is 4.31 Å². The van der Waals surface area contributed by atoms with E-state index in [1.54, 1.807) is 0 Å². The lowest BCUT2D eigenvalue weighted by molar-refractivity contribution is 0.408. The number of sulfonamides is 1. The summed E-state index contributed by atoms with van der Waals surface area (Å²) >= 11 is 0. The van der Waals surface area contributed by atoms with Crippen molar-refractivity contribution >= 4 is 10.0 Å². The molecule has 0 aliphatic rings. The normalized spacial score (nSPS) is 12.5. The van der Waals surface area contributed by atoms with Gasteiger partial charge in [-0.3, -0.25) is 0 Å². The second-order valence-electron chi connectivity index (χ2n) is 5.08.